The number of benzene rings is 2. The predicted octanol–water partition coefficient (Wildman–Crippen LogP) is 5.35. The number of carbonyl (C=O) groups excluding carboxylic acids is 1. The van der Waals surface area contributed by atoms with Gasteiger partial charge in [0, 0.05) is 42.8 Å². The second-order valence-electron chi connectivity index (χ2n) is 12.0. The molecule has 0 bridgehead atoms. The largest absolute Gasteiger partial charge is 0.461 e. The summed E-state index contributed by atoms with van der Waals surface area (Å²) in [5.41, 5.74) is 4.55. The molecule has 1 atom stereocenters. The van der Waals surface area contributed by atoms with E-state index in [9.17, 15) is 4.79 Å². The number of aryl methyl sites for hydroxylation is 1. The molecule has 44 heavy (non-hydrogen) atoms. The fraction of sp³-hybridized carbons (Fsp3) is 0.486. The molecule has 0 unspecified atom stereocenters. The van der Waals surface area contributed by atoms with Gasteiger partial charge in [-0.2, -0.15) is 9.97 Å². The number of hydrogen-bond donors (Lipinski definition) is 0. The molecule has 2 aromatic carbocycles. The highest BCUT2D eigenvalue weighted by Crippen LogP contribution is 2.36. The Bertz CT molecular complexity index is 1540. The highest BCUT2D eigenvalue weighted by Gasteiger charge is 2.35. The van der Waals surface area contributed by atoms with Crippen LogP contribution in [0.2, 0.25) is 0 Å². The van der Waals surface area contributed by atoms with E-state index in [1.807, 2.05) is 0 Å². The molecule has 1 aliphatic carbocycles. The van der Waals surface area contributed by atoms with Gasteiger partial charge in [-0.25, -0.2) is 6.57 Å². The third kappa shape index (κ3) is 6.36. The molecule has 230 valence electrons. The van der Waals surface area contributed by atoms with Crippen molar-refractivity contribution in [3.8, 4) is 6.01 Å². The van der Waals surface area contributed by atoms with E-state index in [1.165, 1.54) is 47.4 Å². The fourth-order valence-corrected chi connectivity index (χ4v) is 6.99. The minimum absolute atomic E-state index is 0.133. The quantitative estimate of drug-likeness (QED) is 0.188. The maximum atomic E-state index is 12.6. The average molecular weight is 595 g/mol. The molecule has 9 nitrogen and oxygen atoms in total. The normalized spacial score (nSPS) is 19.0. The molecule has 0 spiro atoms. The lowest BCUT2D eigenvalue weighted by Gasteiger charge is -2.41. The maximum absolute atomic E-state index is 12.6. The average Bonchev–Trinajstić information content (AvgIpc) is 3.06. The van der Waals surface area contributed by atoms with E-state index in [2.05, 4.69) is 64.5 Å². The summed E-state index contributed by atoms with van der Waals surface area (Å²) in [4.78, 5) is 32.5. The number of hydrogen-bond acceptors (Lipinski definition) is 7. The maximum Gasteiger partial charge on any atom is 0.318 e. The van der Waals surface area contributed by atoms with E-state index in [1.54, 1.807) is 4.90 Å². The minimum atomic E-state index is -0.232. The molecular weight excluding hydrogens is 552 g/mol. The highest BCUT2D eigenvalue weighted by atomic mass is 16.5. The zero-order chi connectivity index (χ0) is 30.5. The highest BCUT2D eigenvalue weighted by molar-refractivity contribution is 5.97. The van der Waals surface area contributed by atoms with Crippen LogP contribution in [0.1, 0.15) is 48.9 Å². The lowest BCUT2D eigenvalue weighted by Crippen LogP contribution is -2.56. The molecule has 9 heteroatoms. The minimum Gasteiger partial charge on any atom is -0.461 e. The predicted molar refractivity (Wildman–Crippen MR) is 173 cm³/mol. The van der Waals surface area contributed by atoms with Crippen molar-refractivity contribution >= 4 is 28.2 Å². The molecule has 1 saturated carbocycles. The standard InChI is InChI=1S/C35H42N6O3/c1-4-32(42)41-19-18-40(23-27(41)22-36-3)34-29-16-17-39(31-15-9-12-26-11-8-10-25(2)33(26)31)24-30(29)37-35(38-34)44-21-20-43-28-13-6-5-7-14-28/h4,8-12,15,27-28H,1,5-7,13-14,16-24H2,2H3/t27-/m0/s1. The van der Waals surface area contributed by atoms with E-state index >= 15 is 0 Å². The number of fused-ring (bicyclic) bond motifs is 2. The molecule has 6 rings (SSSR count). The Morgan fingerprint density at radius 1 is 1.07 bits per heavy atom. The van der Waals surface area contributed by atoms with Crippen LogP contribution in [0, 0.1) is 13.5 Å². The fourth-order valence-electron chi connectivity index (χ4n) is 6.99. The molecule has 3 aliphatic rings. The number of nitrogens with zero attached hydrogens (tertiary/aromatic N) is 6. The summed E-state index contributed by atoms with van der Waals surface area (Å²) in [5.74, 6) is 0.721. The molecule has 1 aromatic heterocycles. The van der Waals surface area contributed by atoms with Gasteiger partial charge >= 0.3 is 6.01 Å². The van der Waals surface area contributed by atoms with Gasteiger partial charge in [0.1, 0.15) is 18.5 Å². The summed E-state index contributed by atoms with van der Waals surface area (Å²) in [6.45, 7) is 17.6. The Morgan fingerprint density at radius 2 is 1.89 bits per heavy atom. The van der Waals surface area contributed by atoms with Gasteiger partial charge in [0.05, 0.1) is 24.9 Å². The topological polar surface area (TPSA) is 75.4 Å². The van der Waals surface area contributed by atoms with E-state index < -0.39 is 0 Å². The lowest BCUT2D eigenvalue weighted by molar-refractivity contribution is -0.128. The number of piperazine rings is 1. The van der Waals surface area contributed by atoms with Crippen molar-refractivity contribution in [2.45, 2.75) is 64.1 Å². The Kier molecular flexibility index (Phi) is 9.27. The van der Waals surface area contributed by atoms with Crippen molar-refractivity contribution in [1.82, 2.24) is 14.9 Å². The first kappa shape index (κ1) is 29.9. The number of aromatic nitrogens is 2. The Hall–Kier alpha value is -4.16. The van der Waals surface area contributed by atoms with Gasteiger partial charge in [-0.15, -0.1) is 0 Å². The number of amides is 1. The van der Waals surface area contributed by atoms with Crippen molar-refractivity contribution in [2.24, 2.45) is 0 Å². The van der Waals surface area contributed by atoms with Crippen molar-refractivity contribution in [1.29, 1.82) is 0 Å². The molecular formula is C35H42N6O3. The van der Waals surface area contributed by atoms with E-state index in [4.69, 9.17) is 26.0 Å². The number of carbonyl (C=O) groups is 1. The van der Waals surface area contributed by atoms with Crippen LogP contribution in [0.4, 0.5) is 11.5 Å². The molecule has 2 fully saturated rings. The first-order chi connectivity index (χ1) is 21.6. The monoisotopic (exact) mass is 594 g/mol. The van der Waals surface area contributed by atoms with Crippen molar-refractivity contribution in [2.75, 3.05) is 55.7 Å². The molecule has 1 amide bonds. The number of anilines is 2. The summed E-state index contributed by atoms with van der Waals surface area (Å²) in [7, 11) is 0. The first-order valence-corrected chi connectivity index (χ1v) is 15.9. The van der Waals surface area contributed by atoms with Crippen molar-refractivity contribution in [3.63, 3.8) is 0 Å². The van der Waals surface area contributed by atoms with E-state index in [-0.39, 0.29) is 18.5 Å². The van der Waals surface area contributed by atoms with Crippen LogP contribution in [-0.2, 0) is 22.5 Å². The Labute approximate surface area is 260 Å². The SMILES string of the molecule is [C-]#[N+]C[C@H]1CN(c2nc(OCCOC3CCCCC3)nc3c2CCN(c2cccc4cccc(C)c24)C3)CCN1C(=O)C=C. The number of rotatable bonds is 9. The second kappa shape index (κ2) is 13.6. The van der Waals surface area contributed by atoms with Gasteiger partial charge in [0.25, 0.3) is 0 Å². The zero-order valence-corrected chi connectivity index (χ0v) is 25.7. The van der Waals surface area contributed by atoms with Crippen LogP contribution in [0.5, 0.6) is 6.01 Å². The van der Waals surface area contributed by atoms with Gasteiger partial charge in [-0.1, -0.05) is 56.2 Å². The van der Waals surface area contributed by atoms with Crippen LogP contribution >= 0.6 is 0 Å². The summed E-state index contributed by atoms with van der Waals surface area (Å²) in [6.07, 6.45) is 8.44. The molecule has 0 radical (unpaired) electrons. The van der Waals surface area contributed by atoms with Crippen LogP contribution in [0.3, 0.4) is 0 Å². The molecule has 3 heterocycles. The second-order valence-corrected chi connectivity index (χ2v) is 12.0. The van der Waals surface area contributed by atoms with Gasteiger partial charge in [-0.05, 0) is 49.3 Å². The van der Waals surface area contributed by atoms with Crippen LogP contribution in [0.25, 0.3) is 15.6 Å². The molecule has 3 aromatic rings. The zero-order valence-electron chi connectivity index (χ0n) is 25.7. The summed E-state index contributed by atoms with van der Waals surface area (Å²) in [6, 6.07) is 13.1. The van der Waals surface area contributed by atoms with Crippen molar-refractivity contribution < 1.29 is 14.3 Å². The van der Waals surface area contributed by atoms with Gasteiger partial charge < -0.3 is 29.0 Å². The molecule has 1 saturated heterocycles. The third-order valence-corrected chi connectivity index (χ3v) is 9.22. The van der Waals surface area contributed by atoms with Crippen LogP contribution in [0.15, 0.2) is 49.1 Å². The summed E-state index contributed by atoms with van der Waals surface area (Å²) >= 11 is 0. The Morgan fingerprint density at radius 3 is 2.68 bits per heavy atom. The third-order valence-electron chi connectivity index (χ3n) is 9.22. The first-order valence-electron chi connectivity index (χ1n) is 15.9. The molecule has 2 aliphatic heterocycles. The van der Waals surface area contributed by atoms with Crippen molar-refractivity contribution in [3.05, 3.63) is 77.3 Å². The summed E-state index contributed by atoms with van der Waals surface area (Å²) < 4.78 is 12.3. The smallest absolute Gasteiger partial charge is 0.318 e. The van der Waals surface area contributed by atoms with Gasteiger partial charge in [-0.3, -0.25) is 4.79 Å². The lowest BCUT2D eigenvalue weighted by atomic mass is 9.98. The van der Waals surface area contributed by atoms with Crippen LogP contribution < -0.4 is 14.5 Å². The Balaban J connectivity index is 1.28. The van der Waals surface area contributed by atoms with Gasteiger partial charge in [0.2, 0.25) is 12.5 Å². The van der Waals surface area contributed by atoms with Gasteiger partial charge in [0.15, 0.2) is 0 Å². The van der Waals surface area contributed by atoms with E-state index in [0.717, 1.165) is 42.9 Å². The molecule has 0 N–H and O–H groups in total. The number of ether oxygens (including phenoxy) is 2. The van der Waals surface area contributed by atoms with Crippen LogP contribution in [-0.4, -0.2) is 78.9 Å². The summed E-state index contributed by atoms with van der Waals surface area (Å²) in [5, 5.41) is 2.51. The van der Waals surface area contributed by atoms with E-state index in [0.29, 0.717) is 51.5 Å².